The summed E-state index contributed by atoms with van der Waals surface area (Å²) in [4.78, 5) is 11.5. The van der Waals surface area contributed by atoms with E-state index in [9.17, 15) is 17.6 Å². The lowest BCUT2D eigenvalue weighted by Crippen LogP contribution is -2.29. The summed E-state index contributed by atoms with van der Waals surface area (Å²) >= 11 is 0. The zero-order valence-corrected chi connectivity index (χ0v) is 14.9. The third-order valence-electron chi connectivity index (χ3n) is 4.04. The van der Waals surface area contributed by atoms with Crippen molar-refractivity contribution >= 4 is 21.1 Å². The topological polar surface area (TPSA) is 90.5 Å². The Labute approximate surface area is 149 Å². The minimum Gasteiger partial charge on any atom is -0.408 e. The lowest BCUT2D eigenvalue weighted by Gasteiger charge is -2.17. The molecule has 0 fully saturated rings. The average molecular weight is 380 g/mol. The summed E-state index contributed by atoms with van der Waals surface area (Å²) in [5.74, 6) is -1.01. The summed E-state index contributed by atoms with van der Waals surface area (Å²) < 4.78 is 52.4. The number of aromatic nitrogens is 1. The van der Waals surface area contributed by atoms with Crippen LogP contribution in [0.5, 0.6) is 0 Å². The van der Waals surface area contributed by atoms with Gasteiger partial charge in [0.2, 0.25) is 10.0 Å². The highest BCUT2D eigenvalue weighted by Crippen LogP contribution is 2.20. The van der Waals surface area contributed by atoms with Crippen LogP contribution in [0.15, 0.2) is 56.6 Å². The highest BCUT2D eigenvalue weighted by atomic mass is 32.2. The van der Waals surface area contributed by atoms with Crippen LogP contribution in [0.4, 0.5) is 4.39 Å². The van der Waals surface area contributed by atoms with Gasteiger partial charge in [0.15, 0.2) is 5.58 Å². The lowest BCUT2D eigenvalue weighted by atomic mass is 10.1. The van der Waals surface area contributed by atoms with Gasteiger partial charge in [-0.1, -0.05) is 12.1 Å². The zero-order valence-electron chi connectivity index (χ0n) is 14.1. The number of methoxy groups -OCH3 is 1. The Morgan fingerprint density at radius 3 is 2.73 bits per heavy atom. The molecule has 2 aromatic carbocycles. The molecule has 1 N–H and O–H groups in total. The molecule has 0 aliphatic rings. The molecule has 0 bridgehead atoms. The molecule has 0 amide bonds. The molecule has 26 heavy (non-hydrogen) atoms. The molecule has 0 saturated carbocycles. The number of hydrogen-bond acceptors (Lipinski definition) is 5. The number of halogens is 1. The number of aryl methyl sites for hydroxylation is 1. The smallest absolute Gasteiger partial charge is 0.408 e. The predicted molar refractivity (Wildman–Crippen MR) is 92.8 cm³/mol. The zero-order chi connectivity index (χ0) is 18.9. The van der Waals surface area contributed by atoms with Crippen LogP contribution in [0.2, 0.25) is 0 Å². The fourth-order valence-corrected chi connectivity index (χ4v) is 3.64. The summed E-state index contributed by atoms with van der Waals surface area (Å²) in [5, 5.41) is 0. The number of sulfonamides is 1. The van der Waals surface area contributed by atoms with Crippen LogP contribution in [0.25, 0.3) is 11.1 Å². The molecular weight excluding hydrogens is 363 g/mol. The number of oxazole rings is 1. The predicted octanol–water partition coefficient (Wildman–Crippen LogP) is 1.94. The Morgan fingerprint density at radius 1 is 1.27 bits per heavy atom. The second-order valence-electron chi connectivity index (χ2n) is 5.69. The fraction of sp³-hybridized carbons (Fsp3) is 0.235. The van der Waals surface area contributed by atoms with Gasteiger partial charge in [-0.2, -0.15) is 0 Å². The Hall–Kier alpha value is -2.49. The maximum Gasteiger partial charge on any atom is 0.419 e. The van der Waals surface area contributed by atoms with Gasteiger partial charge in [0.1, 0.15) is 5.82 Å². The van der Waals surface area contributed by atoms with Crippen LogP contribution < -0.4 is 10.5 Å². The SMILES string of the molecule is CO[C@@H](CNS(=O)(=O)c1ccc2oc(=O)n(C)c2c1)c1cccc(F)c1. The normalized spacial score (nSPS) is 13.2. The molecule has 0 unspecified atom stereocenters. The molecule has 9 heteroatoms. The van der Waals surface area contributed by atoms with Gasteiger partial charge in [0, 0.05) is 20.7 Å². The van der Waals surface area contributed by atoms with Crippen molar-refractivity contribution in [1.82, 2.24) is 9.29 Å². The molecule has 0 spiro atoms. The minimum absolute atomic E-state index is 0.0181. The number of ether oxygens (including phenoxy) is 1. The Balaban J connectivity index is 1.84. The lowest BCUT2D eigenvalue weighted by molar-refractivity contribution is 0.107. The van der Waals surface area contributed by atoms with Crippen molar-refractivity contribution < 1.29 is 22.0 Å². The number of rotatable bonds is 6. The van der Waals surface area contributed by atoms with E-state index in [4.69, 9.17) is 9.15 Å². The van der Waals surface area contributed by atoms with E-state index >= 15 is 0 Å². The molecule has 1 atom stereocenters. The third kappa shape index (κ3) is 3.55. The highest BCUT2D eigenvalue weighted by molar-refractivity contribution is 7.89. The van der Waals surface area contributed by atoms with E-state index in [0.717, 1.165) is 0 Å². The molecule has 138 valence electrons. The Kier molecular flexibility index (Phi) is 4.94. The van der Waals surface area contributed by atoms with Gasteiger partial charge in [-0.05, 0) is 35.9 Å². The van der Waals surface area contributed by atoms with Crippen LogP contribution in [0, 0.1) is 5.82 Å². The standard InChI is InChI=1S/C17H17FN2O5S/c1-20-14-9-13(6-7-15(14)25-17(20)21)26(22,23)19-10-16(24-2)11-4-3-5-12(18)8-11/h3-9,16,19H,10H2,1-2H3/t16-/m0/s1. The van der Waals surface area contributed by atoms with E-state index in [1.54, 1.807) is 6.07 Å². The van der Waals surface area contributed by atoms with Crippen LogP contribution in [-0.2, 0) is 21.8 Å². The van der Waals surface area contributed by atoms with Crippen LogP contribution >= 0.6 is 0 Å². The highest BCUT2D eigenvalue weighted by Gasteiger charge is 2.20. The second-order valence-corrected chi connectivity index (χ2v) is 7.45. The maximum atomic E-state index is 13.4. The quantitative estimate of drug-likeness (QED) is 0.706. The van der Waals surface area contributed by atoms with Crippen molar-refractivity contribution in [3.8, 4) is 0 Å². The van der Waals surface area contributed by atoms with Crippen LogP contribution in [0.3, 0.4) is 0 Å². The van der Waals surface area contributed by atoms with Gasteiger partial charge in [-0.3, -0.25) is 4.57 Å². The van der Waals surface area contributed by atoms with Crippen LogP contribution in [-0.4, -0.2) is 26.6 Å². The number of fused-ring (bicyclic) bond motifs is 1. The van der Waals surface area contributed by atoms with E-state index in [0.29, 0.717) is 16.7 Å². The van der Waals surface area contributed by atoms with E-state index in [1.165, 1.54) is 55.1 Å². The Morgan fingerprint density at radius 2 is 2.04 bits per heavy atom. The molecule has 0 aliphatic heterocycles. The van der Waals surface area contributed by atoms with Crippen molar-refractivity contribution in [2.24, 2.45) is 7.05 Å². The first-order valence-electron chi connectivity index (χ1n) is 7.69. The molecule has 1 heterocycles. The maximum absolute atomic E-state index is 13.4. The number of hydrogen-bond donors (Lipinski definition) is 1. The molecule has 1 aromatic heterocycles. The number of benzene rings is 2. The first kappa shape index (κ1) is 18.3. The van der Waals surface area contributed by atoms with Crippen molar-refractivity contribution in [2.75, 3.05) is 13.7 Å². The van der Waals surface area contributed by atoms with Gasteiger partial charge < -0.3 is 9.15 Å². The monoisotopic (exact) mass is 380 g/mol. The largest absolute Gasteiger partial charge is 0.419 e. The van der Waals surface area contributed by atoms with Crippen molar-refractivity contribution in [2.45, 2.75) is 11.0 Å². The summed E-state index contributed by atoms with van der Waals surface area (Å²) in [7, 11) is -0.960. The molecular formula is C17H17FN2O5S. The summed E-state index contributed by atoms with van der Waals surface area (Å²) in [6, 6.07) is 9.88. The van der Waals surface area contributed by atoms with E-state index in [-0.39, 0.29) is 11.4 Å². The first-order valence-corrected chi connectivity index (χ1v) is 9.17. The van der Waals surface area contributed by atoms with Gasteiger partial charge in [-0.25, -0.2) is 22.3 Å². The number of nitrogens with zero attached hydrogens (tertiary/aromatic N) is 1. The second kappa shape index (κ2) is 7.02. The van der Waals surface area contributed by atoms with Gasteiger partial charge in [0.25, 0.3) is 0 Å². The van der Waals surface area contributed by atoms with Crippen molar-refractivity contribution in [3.63, 3.8) is 0 Å². The van der Waals surface area contributed by atoms with Gasteiger partial charge in [0.05, 0.1) is 16.5 Å². The van der Waals surface area contributed by atoms with Gasteiger partial charge >= 0.3 is 5.76 Å². The fourth-order valence-electron chi connectivity index (χ4n) is 2.59. The molecule has 3 aromatic rings. The van der Waals surface area contributed by atoms with E-state index in [2.05, 4.69) is 4.72 Å². The van der Waals surface area contributed by atoms with Crippen molar-refractivity contribution in [1.29, 1.82) is 0 Å². The molecule has 3 rings (SSSR count). The number of nitrogens with one attached hydrogen (secondary N) is 1. The van der Waals surface area contributed by atoms with Gasteiger partial charge in [-0.15, -0.1) is 0 Å². The summed E-state index contributed by atoms with van der Waals surface area (Å²) in [5.41, 5.74) is 1.18. The first-order chi connectivity index (χ1) is 12.3. The molecule has 7 nitrogen and oxygen atoms in total. The third-order valence-corrected chi connectivity index (χ3v) is 5.46. The molecule has 0 aliphatic carbocycles. The summed E-state index contributed by atoms with van der Waals surface area (Å²) in [6.07, 6.45) is -0.650. The average Bonchev–Trinajstić information content (AvgIpc) is 2.89. The van der Waals surface area contributed by atoms with Crippen LogP contribution in [0.1, 0.15) is 11.7 Å². The molecule has 0 saturated heterocycles. The minimum atomic E-state index is -3.86. The van der Waals surface area contributed by atoms with E-state index in [1.807, 2.05) is 0 Å². The van der Waals surface area contributed by atoms with Crippen molar-refractivity contribution in [3.05, 3.63) is 64.4 Å². The summed E-state index contributed by atoms with van der Waals surface area (Å²) in [6.45, 7) is -0.0787. The Bertz CT molecular complexity index is 1100. The molecule has 0 radical (unpaired) electrons. The van der Waals surface area contributed by atoms with E-state index < -0.39 is 27.7 Å².